The number of nitrogen functional groups attached to an aromatic ring is 1. The van der Waals surface area contributed by atoms with Crippen molar-refractivity contribution in [3.63, 3.8) is 0 Å². The Balaban J connectivity index is 2.23. The van der Waals surface area contributed by atoms with Crippen molar-refractivity contribution in [3.05, 3.63) is 47.0 Å². The van der Waals surface area contributed by atoms with Crippen molar-refractivity contribution in [2.45, 2.75) is 0 Å². The summed E-state index contributed by atoms with van der Waals surface area (Å²) in [4.78, 5) is 15.6. The predicted octanol–water partition coefficient (Wildman–Crippen LogP) is 2.35. The van der Waals surface area contributed by atoms with Crippen LogP contribution in [0, 0.1) is 11.6 Å². The highest BCUT2D eigenvalue weighted by atomic mass is 79.9. The molecule has 2 aromatic heterocycles. The lowest BCUT2D eigenvalue weighted by molar-refractivity contribution is 0.583. The number of hydrogen-bond donors (Lipinski definition) is 1. The maximum absolute atomic E-state index is 14.1. The fourth-order valence-electron chi connectivity index (χ4n) is 1.72. The Morgan fingerprint density at radius 3 is 2.67 bits per heavy atom. The van der Waals surface area contributed by atoms with Crippen molar-refractivity contribution in [2.24, 2.45) is 0 Å². The number of hydrogen-bond acceptors (Lipinski definition) is 5. The monoisotopic (exact) mass is 352 g/mol. The third kappa shape index (κ3) is 2.47. The Kier molecular flexibility index (Phi) is 3.34. The molecule has 9 heteroatoms. The Labute approximate surface area is 125 Å². The molecule has 0 aliphatic rings. The van der Waals surface area contributed by atoms with Crippen LogP contribution in [0.1, 0.15) is 0 Å². The van der Waals surface area contributed by atoms with Crippen LogP contribution in [0.4, 0.5) is 14.7 Å². The van der Waals surface area contributed by atoms with Gasteiger partial charge < -0.3 is 5.73 Å². The molecule has 0 amide bonds. The maximum Gasteiger partial charge on any atom is 0.240 e. The highest BCUT2D eigenvalue weighted by Gasteiger charge is 2.19. The zero-order valence-corrected chi connectivity index (χ0v) is 11.9. The van der Waals surface area contributed by atoms with E-state index in [2.05, 4.69) is 35.9 Å². The van der Waals surface area contributed by atoms with E-state index in [1.807, 2.05) is 0 Å². The second kappa shape index (κ2) is 5.17. The van der Waals surface area contributed by atoms with E-state index in [0.717, 1.165) is 6.07 Å². The average Bonchev–Trinajstić information content (AvgIpc) is 2.97. The van der Waals surface area contributed by atoms with E-state index in [1.54, 1.807) is 6.20 Å². The number of rotatable bonds is 2. The molecule has 0 aliphatic heterocycles. The molecule has 0 atom stereocenters. The summed E-state index contributed by atoms with van der Waals surface area (Å²) in [7, 11) is 0. The summed E-state index contributed by atoms with van der Waals surface area (Å²) < 4.78 is 29.6. The lowest BCUT2D eigenvalue weighted by atomic mass is 10.2. The van der Waals surface area contributed by atoms with Crippen LogP contribution in [0.5, 0.6) is 0 Å². The fourth-order valence-corrected chi connectivity index (χ4v) is 2.05. The van der Waals surface area contributed by atoms with Crippen LogP contribution >= 0.6 is 15.9 Å². The zero-order chi connectivity index (χ0) is 15.0. The first-order chi connectivity index (χ1) is 10.1. The van der Waals surface area contributed by atoms with E-state index in [9.17, 15) is 8.78 Å². The summed E-state index contributed by atoms with van der Waals surface area (Å²) in [5, 5.41) is 0. The molecule has 0 radical (unpaired) electrons. The van der Waals surface area contributed by atoms with E-state index >= 15 is 0 Å². The van der Waals surface area contributed by atoms with Gasteiger partial charge in [-0.25, -0.2) is 13.8 Å². The Hall–Kier alpha value is -2.42. The molecule has 2 N–H and O–H groups in total. The minimum atomic E-state index is -0.808. The molecule has 0 saturated heterocycles. The molecule has 3 rings (SSSR count). The quantitative estimate of drug-likeness (QED) is 0.715. The predicted molar refractivity (Wildman–Crippen MR) is 74.4 cm³/mol. The smallest absolute Gasteiger partial charge is 0.240 e. The van der Waals surface area contributed by atoms with Gasteiger partial charge in [0.1, 0.15) is 12.1 Å². The lowest BCUT2D eigenvalue weighted by Crippen LogP contribution is -2.08. The van der Waals surface area contributed by atoms with Gasteiger partial charge in [0.05, 0.1) is 10.0 Å². The number of nitrogens with zero attached hydrogens (tertiary/aromatic N) is 5. The summed E-state index contributed by atoms with van der Waals surface area (Å²) in [5.41, 5.74) is 5.21. The molecular weight excluding hydrogens is 346 g/mol. The first-order valence-corrected chi connectivity index (χ1v) is 6.49. The van der Waals surface area contributed by atoms with E-state index in [1.165, 1.54) is 23.2 Å². The molecule has 106 valence electrons. The normalized spacial score (nSPS) is 10.8. The van der Waals surface area contributed by atoms with Crippen LogP contribution in [0.2, 0.25) is 0 Å². The van der Waals surface area contributed by atoms with Crippen molar-refractivity contribution in [1.29, 1.82) is 0 Å². The molecule has 21 heavy (non-hydrogen) atoms. The van der Waals surface area contributed by atoms with Gasteiger partial charge in [0.2, 0.25) is 11.9 Å². The summed E-state index contributed by atoms with van der Waals surface area (Å²) in [6, 6.07) is 2.37. The van der Waals surface area contributed by atoms with E-state index in [0.29, 0.717) is 0 Å². The van der Waals surface area contributed by atoms with Gasteiger partial charge in [0.15, 0.2) is 11.6 Å². The number of nitrogens with two attached hydrogens (primary N) is 1. The number of aromatic nitrogens is 5. The van der Waals surface area contributed by atoms with Gasteiger partial charge in [-0.15, -0.1) is 0 Å². The summed E-state index contributed by atoms with van der Waals surface area (Å²) >= 11 is 2.99. The van der Waals surface area contributed by atoms with Gasteiger partial charge in [-0.2, -0.15) is 15.0 Å². The Morgan fingerprint density at radius 1 is 1.14 bits per heavy atom. The highest BCUT2D eigenvalue weighted by Crippen LogP contribution is 2.28. The van der Waals surface area contributed by atoms with Crippen LogP contribution in [0.25, 0.3) is 17.3 Å². The minimum absolute atomic E-state index is 0.0991. The summed E-state index contributed by atoms with van der Waals surface area (Å²) in [6.45, 7) is 0. The highest BCUT2D eigenvalue weighted by molar-refractivity contribution is 9.10. The third-order valence-corrected chi connectivity index (χ3v) is 3.26. The molecule has 3 aromatic rings. The SMILES string of the molecule is Nc1nc(-c2c(F)ccc(Br)c2F)nc(-n2ccnc2)n1. The van der Waals surface area contributed by atoms with Gasteiger partial charge in [0.25, 0.3) is 0 Å². The Morgan fingerprint density at radius 2 is 1.95 bits per heavy atom. The van der Waals surface area contributed by atoms with Crippen molar-refractivity contribution in [1.82, 2.24) is 24.5 Å². The first kappa shape index (κ1) is 13.6. The van der Waals surface area contributed by atoms with Crippen molar-refractivity contribution in [3.8, 4) is 17.3 Å². The van der Waals surface area contributed by atoms with Gasteiger partial charge in [0, 0.05) is 12.4 Å². The molecule has 0 spiro atoms. The maximum atomic E-state index is 14.1. The van der Waals surface area contributed by atoms with Crippen LogP contribution < -0.4 is 5.73 Å². The number of halogens is 3. The average molecular weight is 353 g/mol. The molecule has 0 unspecified atom stereocenters. The molecule has 0 bridgehead atoms. The van der Waals surface area contributed by atoms with Crippen LogP contribution in [0.3, 0.4) is 0 Å². The molecule has 2 heterocycles. The van der Waals surface area contributed by atoms with Gasteiger partial charge >= 0.3 is 0 Å². The number of benzene rings is 1. The first-order valence-electron chi connectivity index (χ1n) is 5.70. The van der Waals surface area contributed by atoms with Gasteiger partial charge in [-0.3, -0.25) is 4.57 Å². The van der Waals surface area contributed by atoms with E-state index < -0.39 is 11.6 Å². The molecule has 6 nitrogen and oxygen atoms in total. The molecule has 1 aromatic carbocycles. The summed E-state index contributed by atoms with van der Waals surface area (Å²) in [5.74, 6) is -1.83. The topological polar surface area (TPSA) is 82.5 Å². The lowest BCUT2D eigenvalue weighted by Gasteiger charge is -2.08. The van der Waals surface area contributed by atoms with Gasteiger partial charge in [-0.05, 0) is 28.1 Å². The van der Waals surface area contributed by atoms with E-state index in [-0.39, 0.29) is 27.8 Å². The van der Waals surface area contributed by atoms with Crippen LogP contribution in [0.15, 0.2) is 35.3 Å². The van der Waals surface area contributed by atoms with Crippen molar-refractivity contribution < 1.29 is 8.78 Å². The molecule has 0 aliphatic carbocycles. The second-order valence-electron chi connectivity index (χ2n) is 4.01. The second-order valence-corrected chi connectivity index (χ2v) is 4.86. The zero-order valence-electron chi connectivity index (χ0n) is 10.3. The minimum Gasteiger partial charge on any atom is -0.368 e. The largest absolute Gasteiger partial charge is 0.368 e. The molecule has 0 fully saturated rings. The standard InChI is InChI=1S/C12H7BrF2N6/c13-6-1-2-7(14)8(9(6)15)10-18-11(16)20-12(19-10)21-4-3-17-5-21/h1-5H,(H2,16,18,19,20). The van der Waals surface area contributed by atoms with E-state index in [4.69, 9.17) is 5.73 Å². The third-order valence-electron chi connectivity index (χ3n) is 2.64. The summed E-state index contributed by atoms with van der Waals surface area (Å²) in [6.07, 6.45) is 4.53. The fraction of sp³-hybridized carbons (Fsp3) is 0. The molecular formula is C12H7BrF2N6. The van der Waals surface area contributed by atoms with Crippen LogP contribution in [-0.4, -0.2) is 24.5 Å². The Bertz CT molecular complexity index is 806. The van der Waals surface area contributed by atoms with Crippen LogP contribution in [-0.2, 0) is 0 Å². The number of anilines is 1. The van der Waals surface area contributed by atoms with Crippen molar-refractivity contribution >= 4 is 21.9 Å². The number of imidazole rings is 1. The van der Waals surface area contributed by atoms with Crippen molar-refractivity contribution in [2.75, 3.05) is 5.73 Å². The van der Waals surface area contributed by atoms with Gasteiger partial charge in [-0.1, -0.05) is 0 Å². The molecule has 0 saturated carbocycles.